The van der Waals surface area contributed by atoms with Crippen LogP contribution in [0, 0.1) is 20.8 Å². The van der Waals surface area contributed by atoms with Crippen molar-refractivity contribution in [2.24, 2.45) is 0 Å². The van der Waals surface area contributed by atoms with Gasteiger partial charge in [-0.15, -0.1) is 0 Å². The molecule has 1 fully saturated rings. The highest BCUT2D eigenvalue weighted by molar-refractivity contribution is 5.93. The van der Waals surface area contributed by atoms with Crippen LogP contribution in [0.5, 0.6) is 0 Å². The van der Waals surface area contributed by atoms with Crippen molar-refractivity contribution in [3.63, 3.8) is 0 Å². The Kier molecular flexibility index (Phi) is 5.08. The number of nitrogens with zero attached hydrogens (tertiary/aromatic N) is 3. The molecule has 1 atom stereocenters. The van der Waals surface area contributed by atoms with Crippen molar-refractivity contribution in [3.05, 3.63) is 41.2 Å². The average molecular weight is 356 g/mol. The smallest absolute Gasteiger partial charge is 0.320 e. The Hall–Kier alpha value is -2.67. The molecule has 2 N–H and O–H groups in total. The summed E-state index contributed by atoms with van der Waals surface area (Å²) in [4.78, 5) is 25.4. The number of carboxylic acids is 1. The van der Waals surface area contributed by atoms with Crippen LogP contribution in [0.15, 0.2) is 24.3 Å². The van der Waals surface area contributed by atoms with Gasteiger partial charge in [-0.25, -0.2) is 4.68 Å². The number of nitrogens with one attached hydrogen (secondary N) is 1. The highest BCUT2D eigenvalue weighted by Crippen LogP contribution is 2.23. The van der Waals surface area contributed by atoms with Crippen LogP contribution in [-0.2, 0) is 9.59 Å². The second-order valence-corrected chi connectivity index (χ2v) is 6.81. The van der Waals surface area contributed by atoms with Crippen molar-refractivity contribution in [1.29, 1.82) is 0 Å². The average Bonchev–Trinajstić information content (AvgIpc) is 3.15. The fraction of sp³-hybridized carbons (Fsp3) is 0.421. The SMILES string of the molecule is Cc1ccc(-n2nc(C)c(NC(=O)CN3CCC[C@H]3C(=O)O)c2C)cc1. The van der Waals surface area contributed by atoms with Crippen LogP contribution < -0.4 is 5.32 Å². The molecule has 0 aliphatic carbocycles. The topological polar surface area (TPSA) is 87.5 Å². The number of amides is 1. The van der Waals surface area contributed by atoms with Crippen molar-refractivity contribution in [3.8, 4) is 5.69 Å². The van der Waals surface area contributed by atoms with Crippen molar-refractivity contribution >= 4 is 17.6 Å². The first-order valence-electron chi connectivity index (χ1n) is 8.77. The summed E-state index contributed by atoms with van der Waals surface area (Å²) in [5.41, 5.74) is 4.36. The number of rotatable bonds is 5. The van der Waals surface area contributed by atoms with Gasteiger partial charge in [-0.05, 0) is 52.3 Å². The Balaban J connectivity index is 1.75. The third-order valence-electron chi connectivity index (χ3n) is 4.83. The van der Waals surface area contributed by atoms with Gasteiger partial charge in [0.25, 0.3) is 0 Å². The van der Waals surface area contributed by atoms with Gasteiger partial charge in [0.05, 0.1) is 29.3 Å². The third-order valence-corrected chi connectivity index (χ3v) is 4.83. The lowest BCUT2D eigenvalue weighted by Crippen LogP contribution is -2.41. The molecule has 1 saturated heterocycles. The fourth-order valence-electron chi connectivity index (χ4n) is 3.42. The van der Waals surface area contributed by atoms with E-state index in [1.54, 1.807) is 9.58 Å². The van der Waals surface area contributed by atoms with Crippen LogP contribution in [0.25, 0.3) is 5.69 Å². The van der Waals surface area contributed by atoms with Crippen LogP contribution in [0.1, 0.15) is 29.8 Å². The first kappa shape index (κ1) is 18.1. The Morgan fingerprint density at radius 2 is 1.92 bits per heavy atom. The molecule has 0 bridgehead atoms. The predicted octanol–water partition coefficient (Wildman–Crippen LogP) is 2.29. The lowest BCUT2D eigenvalue weighted by molar-refractivity contribution is -0.142. The Morgan fingerprint density at radius 1 is 1.23 bits per heavy atom. The van der Waals surface area contributed by atoms with E-state index in [2.05, 4.69) is 10.4 Å². The van der Waals surface area contributed by atoms with E-state index in [0.29, 0.717) is 18.7 Å². The van der Waals surface area contributed by atoms with Gasteiger partial charge in [0.2, 0.25) is 5.91 Å². The van der Waals surface area contributed by atoms with Gasteiger partial charge in [0.1, 0.15) is 6.04 Å². The number of carboxylic acid groups (broad SMARTS) is 1. The molecule has 2 aromatic rings. The second kappa shape index (κ2) is 7.29. The number of hydrogen-bond donors (Lipinski definition) is 2. The van der Waals surface area contributed by atoms with Gasteiger partial charge in [-0.3, -0.25) is 14.5 Å². The Morgan fingerprint density at radius 3 is 2.58 bits per heavy atom. The van der Waals surface area contributed by atoms with Crippen molar-refractivity contribution in [2.45, 2.75) is 39.7 Å². The van der Waals surface area contributed by atoms with Crippen molar-refractivity contribution in [2.75, 3.05) is 18.4 Å². The minimum Gasteiger partial charge on any atom is -0.480 e. The predicted molar refractivity (Wildman–Crippen MR) is 98.6 cm³/mol. The molecule has 138 valence electrons. The summed E-state index contributed by atoms with van der Waals surface area (Å²) in [5.74, 6) is -1.08. The molecule has 0 spiro atoms. The number of carbonyl (C=O) groups is 2. The maximum Gasteiger partial charge on any atom is 0.320 e. The zero-order valence-corrected chi connectivity index (χ0v) is 15.3. The fourth-order valence-corrected chi connectivity index (χ4v) is 3.42. The first-order valence-corrected chi connectivity index (χ1v) is 8.77. The molecule has 0 saturated carbocycles. The molecule has 1 aromatic heterocycles. The molecule has 2 heterocycles. The van der Waals surface area contributed by atoms with E-state index < -0.39 is 12.0 Å². The summed E-state index contributed by atoms with van der Waals surface area (Å²) in [6.07, 6.45) is 1.39. The number of aryl methyl sites for hydroxylation is 2. The van der Waals surface area contributed by atoms with Gasteiger partial charge in [-0.2, -0.15) is 5.10 Å². The van der Waals surface area contributed by atoms with Crippen LogP contribution >= 0.6 is 0 Å². The maximum atomic E-state index is 12.4. The Bertz CT molecular complexity index is 826. The molecule has 0 radical (unpaired) electrons. The minimum absolute atomic E-state index is 0.0750. The molecule has 0 unspecified atom stereocenters. The highest BCUT2D eigenvalue weighted by atomic mass is 16.4. The normalized spacial score (nSPS) is 17.4. The summed E-state index contributed by atoms with van der Waals surface area (Å²) >= 11 is 0. The van der Waals surface area contributed by atoms with E-state index in [9.17, 15) is 14.7 Å². The van der Waals surface area contributed by atoms with E-state index in [4.69, 9.17) is 0 Å². The van der Waals surface area contributed by atoms with E-state index >= 15 is 0 Å². The number of benzene rings is 1. The molecule has 3 rings (SSSR count). The maximum absolute atomic E-state index is 12.4. The molecule has 1 amide bonds. The summed E-state index contributed by atoms with van der Waals surface area (Å²) in [6.45, 7) is 6.49. The number of hydrogen-bond acceptors (Lipinski definition) is 4. The van der Waals surface area contributed by atoms with Crippen LogP contribution in [-0.4, -0.2) is 50.8 Å². The lowest BCUT2D eigenvalue weighted by atomic mass is 10.2. The van der Waals surface area contributed by atoms with E-state index in [1.165, 1.54) is 5.56 Å². The number of anilines is 1. The van der Waals surface area contributed by atoms with Gasteiger partial charge in [-0.1, -0.05) is 17.7 Å². The molecular formula is C19H24N4O3. The molecule has 26 heavy (non-hydrogen) atoms. The van der Waals surface area contributed by atoms with Gasteiger partial charge < -0.3 is 10.4 Å². The summed E-state index contributed by atoms with van der Waals surface area (Å²) in [7, 11) is 0. The zero-order valence-electron chi connectivity index (χ0n) is 15.3. The molecule has 1 aliphatic rings. The zero-order chi connectivity index (χ0) is 18.8. The van der Waals surface area contributed by atoms with Crippen molar-refractivity contribution in [1.82, 2.24) is 14.7 Å². The monoisotopic (exact) mass is 356 g/mol. The van der Waals surface area contributed by atoms with Gasteiger partial charge in [0.15, 0.2) is 0 Å². The summed E-state index contributed by atoms with van der Waals surface area (Å²) < 4.78 is 1.81. The van der Waals surface area contributed by atoms with Crippen LogP contribution in [0.4, 0.5) is 5.69 Å². The van der Waals surface area contributed by atoms with E-state index in [1.807, 2.05) is 45.0 Å². The standard InChI is InChI=1S/C19H24N4O3/c1-12-6-8-15(9-7-12)23-14(3)18(13(2)21-23)20-17(24)11-22-10-4-5-16(22)19(25)26/h6-9,16H,4-5,10-11H2,1-3H3,(H,20,24)(H,25,26)/t16-/m0/s1. The highest BCUT2D eigenvalue weighted by Gasteiger charge is 2.31. The molecule has 1 aliphatic heterocycles. The van der Waals surface area contributed by atoms with E-state index in [0.717, 1.165) is 23.5 Å². The van der Waals surface area contributed by atoms with Crippen molar-refractivity contribution < 1.29 is 14.7 Å². The van der Waals surface area contributed by atoms with Crippen LogP contribution in [0.2, 0.25) is 0 Å². The van der Waals surface area contributed by atoms with Crippen LogP contribution in [0.3, 0.4) is 0 Å². The Labute approximate surface area is 152 Å². The number of likely N-dealkylation sites (tertiary alicyclic amines) is 1. The molecule has 1 aromatic carbocycles. The molecule has 7 heteroatoms. The minimum atomic E-state index is -0.866. The number of aromatic nitrogens is 2. The molecular weight excluding hydrogens is 332 g/mol. The molecule has 7 nitrogen and oxygen atoms in total. The summed E-state index contributed by atoms with van der Waals surface area (Å²) in [5, 5.41) is 16.7. The number of aliphatic carboxylic acids is 1. The van der Waals surface area contributed by atoms with Gasteiger partial charge in [0, 0.05) is 0 Å². The van der Waals surface area contributed by atoms with Gasteiger partial charge >= 0.3 is 5.97 Å². The van der Waals surface area contributed by atoms with E-state index in [-0.39, 0.29) is 12.5 Å². The number of carbonyl (C=O) groups excluding carboxylic acids is 1. The third kappa shape index (κ3) is 3.62. The lowest BCUT2D eigenvalue weighted by Gasteiger charge is -2.20. The summed E-state index contributed by atoms with van der Waals surface area (Å²) in [6, 6.07) is 7.44. The largest absolute Gasteiger partial charge is 0.480 e. The first-order chi connectivity index (χ1) is 12.4. The quantitative estimate of drug-likeness (QED) is 0.858. The second-order valence-electron chi connectivity index (χ2n) is 6.81.